The van der Waals surface area contributed by atoms with Crippen LogP contribution in [0, 0.1) is 6.92 Å². The Morgan fingerprint density at radius 1 is 1.17 bits per heavy atom. The number of aryl methyl sites for hydroxylation is 1. The van der Waals surface area contributed by atoms with Gasteiger partial charge in [-0.15, -0.1) is 0 Å². The van der Waals surface area contributed by atoms with Crippen LogP contribution < -0.4 is 0 Å². The summed E-state index contributed by atoms with van der Waals surface area (Å²) in [6.07, 6.45) is 1.74. The monoisotopic (exact) mass is 159 g/mol. The van der Waals surface area contributed by atoms with Crippen molar-refractivity contribution in [1.29, 1.82) is 0 Å². The van der Waals surface area contributed by atoms with Crippen LogP contribution in [0.2, 0.25) is 0 Å². The molecule has 1 heterocycles. The molecule has 2 aromatic rings. The van der Waals surface area contributed by atoms with E-state index in [2.05, 4.69) is 10.2 Å². The van der Waals surface area contributed by atoms with E-state index in [4.69, 9.17) is 0 Å². The molecule has 12 heavy (non-hydrogen) atoms. The number of rotatable bonds is 1. The first-order valence-corrected chi connectivity index (χ1v) is 3.80. The smallest absolute Gasteiger partial charge is 0.0856 e. The minimum atomic E-state index is 0.929. The Balaban J connectivity index is 2.45. The minimum Gasteiger partial charge on any atom is -0.157 e. The van der Waals surface area contributed by atoms with Crippen molar-refractivity contribution in [1.82, 2.24) is 15.0 Å². The number of nitrogens with zero attached hydrogens (tertiary/aromatic N) is 3. The summed E-state index contributed by atoms with van der Waals surface area (Å²) >= 11 is 0. The molecule has 0 aliphatic rings. The lowest BCUT2D eigenvalue weighted by Gasteiger charge is -1.96. The molecule has 0 saturated carbocycles. The van der Waals surface area contributed by atoms with Crippen LogP contribution in [0.4, 0.5) is 0 Å². The summed E-state index contributed by atoms with van der Waals surface area (Å²) in [7, 11) is 0. The fourth-order valence-corrected chi connectivity index (χ4v) is 1.03. The molecule has 1 aromatic carbocycles. The van der Waals surface area contributed by atoms with Crippen LogP contribution in [0.3, 0.4) is 0 Å². The molecule has 0 radical (unpaired) electrons. The molecular formula is C9H9N3. The molecule has 0 atom stereocenters. The van der Waals surface area contributed by atoms with Gasteiger partial charge in [0.15, 0.2) is 0 Å². The Kier molecular flexibility index (Phi) is 1.63. The standard InChI is InChI=1S/C9H9N3/c1-8-7-10-12(11-8)9-5-3-2-4-6-9/h2-7H,1H3. The summed E-state index contributed by atoms with van der Waals surface area (Å²) in [5, 5.41) is 8.28. The maximum atomic E-state index is 4.19. The number of benzene rings is 1. The first-order valence-electron chi connectivity index (χ1n) is 3.80. The third-order valence-electron chi connectivity index (χ3n) is 1.59. The van der Waals surface area contributed by atoms with Gasteiger partial charge in [-0.3, -0.25) is 0 Å². The van der Waals surface area contributed by atoms with Crippen LogP contribution in [0.15, 0.2) is 36.5 Å². The predicted molar refractivity (Wildman–Crippen MR) is 46.1 cm³/mol. The highest BCUT2D eigenvalue weighted by Gasteiger charge is 1.96. The van der Waals surface area contributed by atoms with Crippen LogP contribution >= 0.6 is 0 Å². The Labute approximate surface area is 70.6 Å². The van der Waals surface area contributed by atoms with Crippen LogP contribution in [0.5, 0.6) is 0 Å². The first-order chi connectivity index (χ1) is 5.86. The topological polar surface area (TPSA) is 30.7 Å². The lowest BCUT2D eigenvalue weighted by atomic mass is 10.3. The lowest BCUT2D eigenvalue weighted by molar-refractivity contribution is 0.746. The van der Waals surface area contributed by atoms with E-state index in [-0.39, 0.29) is 0 Å². The average Bonchev–Trinajstić information content (AvgIpc) is 2.54. The van der Waals surface area contributed by atoms with Gasteiger partial charge in [0.25, 0.3) is 0 Å². The van der Waals surface area contributed by atoms with Crippen molar-refractivity contribution in [2.75, 3.05) is 0 Å². The Bertz CT molecular complexity index is 364. The maximum absolute atomic E-state index is 4.19. The van der Waals surface area contributed by atoms with Crippen molar-refractivity contribution in [3.05, 3.63) is 42.2 Å². The van der Waals surface area contributed by atoms with Crippen LogP contribution in [0.25, 0.3) is 5.69 Å². The van der Waals surface area contributed by atoms with E-state index >= 15 is 0 Å². The van der Waals surface area contributed by atoms with Gasteiger partial charge in [-0.1, -0.05) is 18.2 Å². The molecule has 0 spiro atoms. The van der Waals surface area contributed by atoms with E-state index in [1.165, 1.54) is 0 Å². The molecule has 60 valence electrons. The van der Waals surface area contributed by atoms with Crippen molar-refractivity contribution >= 4 is 0 Å². The Morgan fingerprint density at radius 2 is 1.92 bits per heavy atom. The molecule has 0 unspecified atom stereocenters. The van der Waals surface area contributed by atoms with E-state index in [1.54, 1.807) is 11.0 Å². The van der Waals surface area contributed by atoms with Crippen LogP contribution in [-0.4, -0.2) is 15.0 Å². The van der Waals surface area contributed by atoms with E-state index < -0.39 is 0 Å². The largest absolute Gasteiger partial charge is 0.157 e. The minimum absolute atomic E-state index is 0.929. The summed E-state index contributed by atoms with van der Waals surface area (Å²) in [6.45, 7) is 1.92. The second-order valence-corrected chi connectivity index (χ2v) is 2.61. The quantitative estimate of drug-likeness (QED) is 0.632. The summed E-state index contributed by atoms with van der Waals surface area (Å²) in [6, 6.07) is 9.85. The van der Waals surface area contributed by atoms with Gasteiger partial charge in [0.1, 0.15) is 0 Å². The third-order valence-corrected chi connectivity index (χ3v) is 1.59. The first kappa shape index (κ1) is 7.03. The highest BCUT2D eigenvalue weighted by Crippen LogP contribution is 2.02. The molecule has 0 amide bonds. The second kappa shape index (κ2) is 2.77. The zero-order chi connectivity index (χ0) is 8.39. The zero-order valence-corrected chi connectivity index (χ0v) is 6.81. The molecule has 0 bridgehead atoms. The summed E-state index contributed by atoms with van der Waals surface area (Å²) in [4.78, 5) is 1.62. The number of aromatic nitrogens is 3. The van der Waals surface area contributed by atoms with Crippen molar-refractivity contribution in [3.8, 4) is 5.69 Å². The predicted octanol–water partition coefficient (Wildman–Crippen LogP) is 1.58. The molecule has 3 heteroatoms. The van der Waals surface area contributed by atoms with Gasteiger partial charge in [-0.25, -0.2) is 0 Å². The second-order valence-electron chi connectivity index (χ2n) is 2.61. The van der Waals surface area contributed by atoms with Gasteiger partial charge in [-0.05, 0) is 19.1 Å². The Hall–Kier alpha value is -1.64. The molecule has 0 aliphatic carbocycles. The molecule has 3 nitrogen and oxygen atoms in total. The fraction of sp³-hybridized carbons (Fsp3) is 0.111. The van der Waals surface area contributed by atoms with Crippen LogP contribution in [0.1, 0.15) is 5.69 Å². The van der Waals surface area contributed by atoms with E-state index in [0.29, 0.717) is 0 Å². The number of hydrogen-bond donors (Lipinski definition) is 0. The van der Waals surface area contributed by atoms with Gasteiger partial charge in [0.05, 0.1) is 17.6 Å². The molecule has 0 saturated heterocycles. The highest BCUT2D eigenvalue weighted by molar-refractivity contribution is 5.28. The molecular weight excluding hydrogens is 150 g/mol. The summed E-state index contributed by atoms with van der Waals surface area (Å²) in [5.41, 5.74) is 1.92. The van der Waals surface area contributed by atoms with Gasteiger partial charge < -0.3 is 0 Å². The van der Waals surface area contributed by atoms with Gasteiger partial charge >= 0.3 is 0 Å². The number of para-hydroxylation sites is 1. The Morgan fingerprint density at radius 3 is 2.50 bits per heavy atom. The van der Waals surface area contributed by atoms with Crippen LogP contribution in [-0.2, 0) is 0 Å². The summed E-state index contributed by atoms with van der Waals surface area (Å²) in [5.74, 6) is 0. The molecule has 0 fully saturated rings. The normalized spacial score (nSPS) is 10.1. The van der Waals surface area contributed by atoms with E-state index in [0.717, 1.165) is 11.4 Å². The molecule has 0 aliphatic heterocycles. The number of hydrogen-bond acceptors (Lipinski definition) is 2. The maximum Gasteiger partial charge on any atom is 0.0856 e. The summed E-state index contributed by atoms with van der Waals surface area (Å²) < 4.78 is 0. The van der Waals surface area contributed by atoms with E-state index in [9.17, 15) is 0 Å². The lowest BCUT2D eigenvalue weighted by Crippen LogP contribution is -1.97. The van der Waals surface area contributed by atoms with Crippen molar-refractivity contribution in [3.63, 3.8) is 0 Å². The molecule has 1 aromatic heterocycles. The third kappa shape index (κ3) is 1.21. The van der Waals surface area contributed by atoms with Crippen molar-refractivity contribution < 1.29 is 0 Å². The van der Waals surface area contributed by atoms with E-state index in [1.807, 2.05) is 37.3 Å². The fourth-order valence-electron chi connectivity index (χ4n) is 1.03. The van der Waals surface area contributed by atoms with Crippen molar-refractivity contribution in [2.24, 2.45) is 0 Å². The van der Waals surface area contributed by atoms with Gasteiger partial charge in [0.2, 0.25) is 0 Å². The van der Waals surface area contributed by atoms with Gasteiger partial charge in [-0.2, -0.15) is 15.0 Å². The van der Waals surface area contributed by atoms with Crippen molar-refractivity contribution in [2.45, 2.75) is 6.92 Å². The zero-order valence-electron chi connectivity index (χ0n) is 6.81. The average molecular weight is 159 g/mol. The highest BCUT2D eigenvalue weighted by atomic mass is 15.5. The van der Waals surface area contributed by atoms with Gasteiger partial charge in [0, 0.05) is 0 Å². The molecule has 2 rings (SSSR count). The SMILES string of the molecule is Cc1cnn(-c2ccccc2)n1. The molecule has 0 N–H and O–H groups in total.